The van der Waals surface area contributed by atoms with Crippen molar-refractivity contribution in [3.63, 3.8) is 0 Å². The zero-order valence-corrected chi connectivity index (χ0v) is 11.4. The monoisotopic (exact) mass is 252 g/mol. The van der Waals surface area contributed by atoms with E-state index in [1.807, 2.05) is 13.8 Å². The first-order valence-electron chi connectivity index (χ1n) is 6.97. The first-order valence-corrected chi connectivity index (χ1v) is 6.97. The molecule has 1 saturated carbocycles. The second-order valence-electron chi connectivity index (χ2n) is 5.42. The van der Waals surface area contributed by atoms with Crippen LogP contribution in [0.1, 0.15) is 49.4 Å². The molecule has 2 rings (SSSR count). The summed E-state index contributed by atoms with van der Waals surface area (Å²) in [6.07, 6.45) is 5.92. The van der Waals surface area contributed by atoms with Crippen LogP contribution in [0.15, 0.2) is 4.42 Å². The number of hydrogen-bond acceptors (Lipinski definition) is 4. The van der Waals surface area contributed by atoms with Crippen molar-refractivity contribution in [2.24, 2.45) is 5.92 Å². The number of rotatable bonds is 6. The first kappa shape index (κ1) is 13.6. The minimum atomic E-state index is -0.245. The van der Waals surface area contributed by atoms with Gasteiger partial charge < -0.3 is 14.8 Å². The third-order valence-corrected chi connectivity index (χ3v) is 3.81. The Morgan fingerprint density at radius 1 is 1.39 bits per heavy atom. The molecular formula is C14H24N2O2. The summed E-state index contributed by atoms with van der Waals surface area (Å²) >= 11 is 0. The van der Waals surface area contributed by atoms with Gasteiger partial charge in [-0.25, -0.2) is 4.98 Å². The summed E-state index contributed by atoms with van der Waals surface area (Å²) in [5, 5.41) is 13.1. The maximum atomic E-state index is 9.93. The van der Waals surface area contributed by atoms with Crippen molar-refractivity contribution < 1.29 is 9.52 Å². The Hall–Kier alpha value is -0.870. The van der Waals surface area contributed by atoms with Gasteiger partial charge in [0.25, 0.3) is 0 Å². The first-order chi connectivity index (χ1) is 8.65. The zero-order valence-electron chi connectivity index (χ0n) is 11.4. The predicted octanol–water partition coefficient (Wildman–Crippen LogP) is 2.32. The summed E-state index contributed by atoms with van der Waals surface area (Å²) in [4.78, 5) is 4.30. The summed E-state index contributed by atoms with van der Waals surface area (Å²) in [6, 6.07) is 0. The minimum absolute atomic E-state index is 0.245. The van der Waals surface area contributed by atoms with Crippen LogP contribution >= 0.6 is 0 Å². The molecule has 0 saturated heterocycles. The molecule has 1 fully saturated rings. The van der Waals surface area contributed by atoms with Gasteiger partial charge in [0.2, 0.25) is 5.89 Å². The number of hydrogen-bond donors (Lipinski definition) is 2. The van der Waals surface area contributed by atoms with Crippen molar-refractivity contribution in [3.05, 3.63) is 17.3 Å². The lowest BCUT2D eigenvalue weighted by Gasteiger charge is -2.15. The van der Waals surface area contributed by atoms with Crippen molar-refractivity contribution in [3.8, 4) is 0 Å². The number of aliphatic hydroxyl groups is 1. The highest BCUT2D eigenvalue weighted by Crippen LogP contribution is 2.28. The van der Waals surface area contributed by atoms with Gasteiger partial charge in [-0.05, 0) is 26.2 Å². The van der Waals surface area contributed by atoms with Gasteiger partial charge in [0.1, 0.15) is 5.76 Å². The fourth-order valence-corrected chi connectivity index (χ4v) is 2.67. The van der Waals surface area contributed by atoms with Crippen LogP contribution in [0.25, 0.3) is 0 Å². The van der Waals surface area contributed by atoms with E-state index in [0.717, 1.165) is 23.8 Å². The molecule has 1 aliphatic carbocycles. The number of oxazole rings is 1. The van der Waals surface area contributed by atoms with E-state index in [2.05, 4.69) is 10.3 Å². The summed E-state index contributed by atoms with van der Waals surface area (Å²) in [5.74, 6) is 2.31. The third-order valence-electron chi connectivity index (χ3n) is 3.81. The van der Waals surface area contributed by atoms with Crippen LogP contribution in [0.2, 0.25) is 0 Å². The van der Waals surface area contributed by atoms with Crippen LogP contribution in [0, 0.1) is 19.8 Å². The molecule has 4 heteroatoms. The zero-order chi connectivity index (χ0) is 13.0. The van der Waals surface area contributed by atoms with Crippen LogP contribution < -0.4 is 5.32 Å². The Morgan fingerprint density at radius 2 is 2.11 bits per heavy atom. The van der Waals surface area contributed by atoms with Crippen molar-refractivity contribution >= 4 is 0 Å². The van der Waals surface area contributed by atoms with Crippen molar-refractivity contribution in [1.29, 1.82) is 0 Å². The lowest BCUT2D eigenvalue weighted by atomic mass is 10.0. The standard InChI is InChI=1S/C14H24N2O2/c1-10-11(2)18-14(16-10)9-15-8-13(17)7-12-5-3-4-6-12/h12-13,15,17H,3-9H2,1-2H3. The van der Waals surface area contributed by atoms with Gasteiger partial charge in [-0.3, -0.25) is 0 Å². The molecule has 18 heavy (non-hydrogen) atoms. The van der Waals surface area contributed by atoms with Crippen molar-refractivity contribution in [2.45, 2.75) is 58.6 Å². The van der Waals surface area contributed by atoms with E-state index in [1.165, 1.54) is 25.7 Å². The molecule has 0 aliphatic heterocycles. The molecule has 1 heterocycles. The summed E-state index contributed by atoms with van der Waals surface area (Å²) in [5.41, 5.74) is 0.943. The number of aryl methyl sites for hydroxylation is 2. The highest BCUT2D eigenvalue weighted by molar-refractivity contribution is 5.05. The number of aliphatic hydroxyl groups excluding tert-OH is 1. The average Bonchev–Trinajstić information content (AvgIpc) is 2.90. The smallest absolute Gasteiger partial charge is 0.208 e. The highest BCUT2D eigenvalue weighted by atomic mass is 16.4. The molecule has 2 N–H and O–H groups in total. The fourth-order valence-electron chi connectivity index (χ4n) is 2.67. The van der Waals surface area contributed by atoms with E-state index in [1.54, 1.807) is 0 Å². The molecule has 4 nitrogen and oxygen atoms in total. The minimum Gasteiger partial charge on any atom is -0.444 e. The second-order valence-corrected chi connectivity index (χ2v) is 5.42. The molecule has 1 aromatic rings. The fraction of sp³-hybridized carbons (Fsp3) is 0.786. The lowest BCUT2D eigenvalue weighted by Crippen LogP contribution is -2.28. The van der Waals surface area contributed by atoms with Crippen molar-refractivity contribution in [1.82, 2.24) is 10.3 Å². The molecule has 1 aliphatic rings. The third kappa shape index (κ3) is 3.82. The van der Waals surface area contributed by atoms with Gasteiger partial charge in [0.05, 0.1) is 18.3 Å². The molecule has 0 amide bonds. The van der Waals surface area contributed by atoms with Gasteiger partial charge in [-0.15, -0.1) is 0 Å². The summed E-state index contributed by atoms with van der Waals surface area (Å²) < 4.78 is 5.47. The second kappa shape index (κ2) is 6.34. The van der Waals surface area contributed by atoms with E-state index >= 15 is 0 Å². The van der Waals surface area contributed by atoms with E-state index in [-0.39, 0.29) is 6.10 Å². The molecule has 0 spiro atoms. The maximum Gasteiger partial charge on any atom is 0.208 e. The molecule has 0 radical (unpaired) electrons. The molecular weight excluding hydrogens is 228 g/mol. The van der Waals surface area contributed by atoms with Crippen LogP contribution in [0.4, 0.5) is 0 Å². The van der Waals surface area contributed by atoms with Gasteiger partial charge >= 0.3 is 0 Å². The molecule has 1 atom stereocenters. The highest BCUT2D eigenvalue weighted by Gasteiger charge is 2.18. The van der Waals surface area contributed by atoms with Crippen LogP contribution in [-0.2, 0) is 6.54 Å². The molecule has 0 bridgehead atoms. The Kier molecular flexibility index (Phi) is 4.78. The largest absolute Gasteiger partial charge is 0.444 e. The predicted molar refractivity (Wildman–Crippen MR) is 70.3 cm³/mol. The molecule has 1 aromatic heterocycles. The van der Waals surface area contributed by atoms with Crippen molar-refractivity contribution in [2.75, 3.05) is 6.54 Å². The SMILES string of the molecule is Cc1nc(CNCC(O)CC2CCCC2)oc1C. The van der Waals surface area contributed by atoms with Crippen LogP contribution in [-0.4, -0.2) is 22.7 Å². The van der Waals surface area contributed by atoms with E-state index in [4.69, 9.17) is 4.42 Å². The van der Waals surface area contributed by atoms with E-state index in [9.17, 15) is 5.11 Å². The van der Waals surface area contributed by atoms with E-state index in [0.29, 0.717) is 19.0 Å². The Balaban J connectivity index is 1.65. The summed E-state index contributed by atoms with van der Waals surface area (Å²) in [6.45, 7) is 5.07. The summed E-state index contributed by atoms with van der Waals surface area (Å²) in [7, 11) is 0. The van der Waals surface area contributed by atoms with Crippen LogP contribution in [0.5, 0.6) is 0 Å². The Labute approximate surface area is 109 Å². The average molecular weight is 252 g/mol. The van der Waals surface area contributed by atoms with Gasteiger partial charge in [-0.2, -0.15) is 0 Å². The van der Waals surface area contributed by atoms with Gasteiger partial charge in [-0.1, -0.05) is 25.7 Å². The maximum absolute atomic E-state index is 9.93. The Bertz CT molecular complexity index is 350. The topological polar surface area (TPSA) is 58.3 Å². The van der Waals surface area contributed by atoms with Crippen LogP contribution in [0.3, 0.4) is 0 Å². The molecule has 0 aromatic carbocycles. The number of nitrogens with zero attached hydrogens (tertiary/aromatic N) is 1. The molecule has 1 unspecified atom stereocenters. The molecule has 102 valence electrons. The lowest BCUT2D eigenvalue weighted by molar-refractivity contribution is 0.139. The van der Waals surface area contributed by atoms with Gasteiger partial charge in [0.15, 0.2) is 0 Å². The number of nitrogens with one attached hydrogen (secondary N) is 1. The quantitative estimate of drug-likeness (QED) is 0.815. The van der Waals surface area contributed by atoms with Gasteiger partial charge in [0, 0.05) is 6.54 Å². The normalized spacial score (nSPS) is 18.4. The number of aromatic nitrogens is 1. The van der Waals surface area contributed by atoms with E-state index < -0.39 is 0 Å². The Morgan fingerprint density at radius 3 is 2.72 bits per heavy atom.